The number of likely N-dealkylation sites (tertiary alicyclic amines) is 1. The van der Waals surface area contributed by atoms with Crippen molar-refractivity contribution in [3.8, 4) is 11.5 Å². The van der Waals surface area contributed by atoms with E-state index in [1.165, 1.54) is 12.0 Å². The van der Waals surface area contributed by atoms with Crippen LogP contribution >= 0.6 is 11.6 Å². The second kappa shape index (κ2) is 10.3. The third-order valence-corrected chi connectivity index (χ3v) is 6.33. The Kier molecular flexibility index (Phi) is 7.32. The molecule has 0 aliphatic carbocycles. The number of carbonyl (C=O) groups excluding carboxylic acids is 2. The van der Waals surface area contributed by atoms with E-state index in [4.69, 9.17) is 21.1 Å². The summed E-state index contributed by atoms with van der Waals surface area (Å²) >= 11 is 6.15. The summed E-state index contributed by atoms with van der Waals surface area (Å²) in [6.45, 7) is 8.03. The second-order valence-electron chi connectivity index (χ2n) is 10.0. The van der Waals surface area contributed by atoms with Crippen molar-refractivity contribution < 1.29 is 24.2 Å². The minimum absolute atomic E-state index is 0.0210. The van der Waals surface area contributed by atoms with Gasteiger partial charge in [-0.25, -0.2) is 0 Å². The number of halogens is 1. The molecular weight excluding hydrogens is 490 g/mol. The number of amides is 1. The van der Waals surface area contributed by atoms with E-state index in [1.807, 2.05) is 76.2 Å². The van der Waals surface area contributed by atoms with Crippen molar-refractivity contribution in [3.05, 3.63) is 99.6 Å². The van der Waals surface area contributed by atoms with Gasteiger partial charge in [-0.2, -0.15) is 0 Å². The van der Waals surface area contributed by atoms with E-state index in [-0.39, 0.29) is 23.5 Å². The lowest BCUT2D eigenvalue weighted by atomic mass is 9.94. The number of rotatable bonds is 6. The Bertz CT molecular complexity index is 1370. The Morgan fingerprint density at radius 1 is 1.03 bits per heavy atom. The Labute approximate surface area is 222 Å². The molecule has 1 aliphatic heterocycles. The van der Waals surface area contributed by atoms with Crippen LogP contribution in [0.15, 0.2) is 72.3 Å². The maximum absolute atomic E-state index is 13.3. The van der Waals surface area contributed by atoms with Gasteiger partial charge in [0.1, 0.15) is 22.9 Å². The van der Waals surface area contributed by atoms with Gasteiger partial charge in [-0.3, -0.25) is 9.59 Å². The zero-order valence-electron chi connectivity index (χ0n) is 21.5. The second-order valence-corrected chi connectivity index (χ2v) is 10.5. The normalized spacial score (nSPS) is 17.2. The van der Waals surface area contributed by atoms with Crippen LogP contribution in [-0.4, -0.2) is 34.4 Å². The van der Waals surface area contributed by atoms with Gasteiger partial charge >= 0.3 is 0 Å². The number of ether oxygens (including phenoxy) is 2. The smallest absolute Gasteiger partial charge is 0.295 e. The fraction of sp³-hybridized carbons (Fsp3) is 0.267. The van der Waals surface area contributed by atoms with Gasteiger partial charge in [-0.15, -0.1) is 0 Å². The van der Waals surface area contributed by atoms with Crippen molar-refractivity contribution in [2.75, 3.05) is 7.11 Å². The summed E-state index contributed by atoms with van der Waals surface area (Å²) in [5, 5.41) is 11.7. The van der Waals surface area contributed by atoms with Crippen LogP contribution in [0.25, 0.3) is 5.76 Å². The Morgan fingerprint density at radius 3 is 2.35 bits per heavy atom. The summed E-state index contributed by atoms with van der Waals surface area (Å²) in [4.78, 5) is 28.1. The molecule has 1 heterocycles. The van der Waals surface area contributed by atoms with Crippen LogP contribution in [-0.2, 0) is 16.1 Å². The minimum atomic E-state index is -0.771. The van der Waals surface area contributed by atoms with Crippen LogP contribution in [0.4, 0.5) is 0 Å². The first kappa shape index (κ1) is 26.3. The molecule has 1 aliphatic rings. The van der Waals surface area contributed by atoms with E-state index in [9.17, 15) is 14.7 Å². The molecule has 1 amide bonds. The van der Waals surface area contributed by atoms with Crippen LogP contribution in [0, 0.1) is 6.92 Å². The van der Waals surface area contributed by atoms with Crippen LogP contribution in [0.1, 0.15) is 49.1 Å². The summed E-state index contributed by atoms with van der Waals surface area (Å²) in [6, 6.07) is 19.0. The van der Waals surface area contributed by atoms with E-state index in [1.54, 1.807) is 18.2 Å². The number of carbonyl (C=O) groups is 2. The average Bonchev–Trinajstić information content (AvgIpc) is 3.09. The summed E-state index contributed by atoms with van der Waals surface area (Å²) in [5.74, 6) is -0.638. The van der Waals surface area contributed by atoms with Gasteiger partial charge < -0.3 is 19.5 Å². The van der Waals surface area contributed by atoms with Crippen LogP contribution in [0.5, 0.6) is 11.5 Å². The molecular formula is C30H30ClNO5. The Balaban J connectivity index is 1.78. The number of aliphatic hydroxyl groups excluding tert-OH is 1. The quantitative estimate of drug-likeness (QED) is 0.230. The molecule has 37 heavy (non-hydrogen) atoms. The highest BCUT2D eigenvalue weighted by Gasteiger charge is 2.46. The lowest BCUT2D eigenvalue weighted by Gasteiger charge is -2.26. The molecule has 4 rings (SSSR count). The molecule has 0 bridgehead atoms. The van der Waals surface area contributed by atoms with Crippen molar-refractivity contribution in [2.45, 2.75) is 45.9 Å². The largest absolute Gasteiger partial charge is 0.507 e. The van der Waals surface area contributed by atoms with Gasteiger partial charge in [0.15, 0.2) is 0 Å². The number of benzene rings is 3. The fourth-order valence-electron chi connectivity index (χ4n) is 4.41. The van der Waals surface area contributed by atoms with Gasteiger partial charge in [0, 0.05) is 12.1 Å². The molecule has 3 aromatic rings. The first-order valence-electron chi connectivity index (χ1n) is 12.0. The van der Waals surface area contributed by atoms with Crippen molar-refractivity contribution >= 4 is 29.1 Å². The number of methoxy groups -OCH3 is 1. The number of nitrogens with zero attached hydrogens (tertiary/aromatic N) is 1. The lowest BCUT2D eigenvalue weighted by molar-refractivity contribution is -0.140. The summed E-state index contributed by atoms with van der Waals surface area (Å²) < 4.78 is 11.2. The molecule has 1 saturated heterocycles. The van der Waals surface area contributed by atoms with Gasteiger partial charge in [-0.05, 0) is 69.2 Å². The maximum atomic E-state index is 13.3. The molecule has 6 nitrogen and oxygen atoms in total. The highest BCUT2D eigenvalue weighted by Crippen LogP contribution is 2.41. The molecule has 0 radical (unpaired) electrons. The molecule has 0 aromatic heterocycles. The summed E-state index contributed by atoms with van der Waals surface area (Å²) in [7, 11) is 1.47. The van der Waals surface area contributed by atoms with Crippen molar-refractivity contribution in [3.63, 3.8) is 0 Å². The standard InChI is InChI=1S/C30H30ClNO5/c1-18-7-6-8-20(15-18)26-25(27(33)21-11-14-23(31)24(16-21)36-5)28(34)29(35)32(26)17-19-9-12-22(13-10-19)37-30(2,3)4/h6-16,26,33H,17H2,1-5H3/b27-25-. The number of Topliss-reactive ketones (excluding diaryl/α,β-unsaturated/α-hetero) is 1. The fourth-order valence-corrected chi connectivity index (χ4v) is 4.60. The third kappa shape index (κ3) is 5.65. The topological polar surface area (TPSA) is 76.1 Å². The highest BCUT2D eigenvalue weighted by atomic mass is 35.5. The average molecular weight is 520 g/mol. The molecule has 1 fully saturated rings. The van der Waals surface area contributed by atoms with Crippen LogP contribution in [0.2, 0.25) is 5.02 Å². The predicted molar refractivity (Wildman–Crippen MR) is 144 cm³/mol. The maximum Gasteiger partial charge on any atom is 0.295 e. The molecule has 1 N–H and O–H groups in total. The zero-order valence-corrected chi connectivity index (χ0v) is 22.3. The monoisotopic (exact) mass is 519 g/mol. The zero-order chi connectivity index (χ0) is 26.9. The molecule has 0 saturated carbocycles. The first-order valence-corrected chi connectivity index (χ1v) is 12.3. The van der Waals surface area contributed by atoms with Gasteiger partial charge in [-0.1, -0.05) is 53.6 Å². The van der Waals surface area contributed by atoms with E-state index in [2.05, 4.69) is 0 Å². The van der Waals surface area contributed by atoms with Crippen LogP contribution < -0.4 is 9.47 Å². The van der Waals surface area contributed by atoms with Crippen LogP contribution in [0.3, 0.4) is 0 Å². The number of ketones is 1. The van der Waals surface area contributed by atoms with Crippen molar-refractivity contribution in [1.82, 2.24) is 4.90 Å². The lowest BCUT2D eigenvalue weighted by Crippen LogP contribution is -2.29. The van der Waals surface area contributed by atoms with E-state index >= 15 is 0 Å². The summed E-state index contributed by atoms with van der Waals surface area (Å²) in [6.07, 6.45) is 0. The van der Waals surface area contributed by atoms with Gasteiger partial charge in [0.2, 0.25) is 0 Å². The molecule has 0 spiro atoms. The SMILES string of the molecule is COc1cc(/C(O)=C2/C(=O)C(=O)N(Cc3ccc(OC(C)(C)C)cc3)C2c2cccc(C)c2)ccc1Cl. The van der Waals surface area contributed by atoms with E-state index in [0.29, 0.717) is 22.1 Å². The molecule has 3 aromatic carbocycles. The molecule has 1 unspecified atom stereocenters. The molecule has 192 valence electrons. The highest BCUT2D eigenvalue weighted by molar-refractivity contribution is 6.46. The number of hydrogen-bond donors (Lipinski definition) is 1. The molecule has 7 heteroatoms. The Hall–Kier alpha value is -3.77. The van der Waals surface area contributed by atoms with Crippen molar-refractivity contribution in [1.29, 1.82) is 0 Å². The number of aliphatic hydroxyl groups is 1. The number of aryl methyl sites for hydroxylation is 1. The number of hydrogen-bond acceptors (Lipinski definition) is 5. The van der Waals surface area contributed by atoms with Gasteiger partial charge in [0.25, 0.3) is 11.7 Å². The van der Waals surface area contributed by atoms with Gasteiger partial charge in [0.05, 0.1) is 23.7 Å². The summed E-state index contributed by atoms with van der Waals surface area (Å²) in [5.41, 5.74) is 2.55. The van der Waals surface area contributed by atoms with E-state index < -0.39 is 17.7 Å². The molecule has 1 atom stereocenters. The minimum Gasteiger partial charge on any atom is -0.507 e. The third-order valence-electron chi connectivity index (χ3n) is 6.02. The first-order chi connectivity index (χ1) is 17.5. The van der Waals surface area contributed by atoms with Crippen molar-refractivity contribution in [2.24, 2.45) is 0 Å². The van der Waals surface area contributed by atoms with E-state index in [0.717, 1.165) is 16.7 Å². The predicted octanol–water partition coefficient (Wildman–Crippen LogP) is 6.46. The Morgan fingerprint density at radius 2 is 1.73 bits per heavy atom.